The lowest BCUT2D eigenvalue weighted by atomic mass is 10.0. The average Bonchev–Trinajstić information content (AvgIpc) is 2.43. The van der Waals surface area contributed by atoms with E-state index in [9.17, 15) is 24.9 Å². The Morgan fingerprint density at radius 2 is 1.57 bits per heavy atom. The van der Waals surface area contributed by atoms with E-state index in [0.717, 1.165) is 0 Å². The minimum Gasteiger partial charge on any atom is -0.481 e. The van der Waals surface area contributed by atoms with Gasteiger partial charge in [-0.15, -0.1) is 0 Å². The highest BCUT2D eigenvalue weighted by Gasteiger charge is 2.29. The van der Waals surface area contributed by atoms with Gasteiger partial charge in [0.15, 0.2) is 0 Å². The number of carboxylic acids is 1. The summed E-state index contributed by atoms with van der Waals surface area (Å²) >= 11 is 0. The zero-order valence-electron chi connectivity index (χ0n) is 11.1. The molecule has 0 fully saturated rings. The van der Waals surface area contributed by atoms with Crippen molar-refractivity contribution in [1.29, 1.82) is 0 Å². The molecule has 11 heteroatoms. The maximum Gasteiger partial charge on any atom is 0.305 e. The second kappa shape index (κ2) is 9.57. The van der Waals surface area contributed by atoms with Crippen molar-refractivity contribution in [3.63, 3.8) is 0 Å². The molecule has 0 rings (SSSR count). The number of nitrogens with two attached hydrogens (primary N) is 1. The molecular weight excluding hydrogens is 290 g/mol. The lowest BCUT2D eigenvalue weighted by Crippen LogP contribution is -2.53. The van der Waals surface area contributed by atoms with Crippen LogP contribution in [0.5, 0.6) is 0 Å². The first kappa shape index (κ1) is 19.7. The molecule has 21 heavy (non-hydrogen) atoms. The molecule has 0 aromatic heterocycles. The molecular formula is C10H21N3O8. The largest absolute Gasteiger partial charge is 0.481 e. The number of aliphatic hydroxyl groups excluding tert-OH is 5. The number of aliphatic hydroxyl groups is 5. The maximum absolute atomic E-state index is 11.3. The van der Waals surface area contributed by atoms with Gasteiger partial charge in [0, 0.05) is 6.54 Å². The summed E-state index contributed by atoms with van der Waals surface area (Å²) in [4.78, 5) is 21.6. The van der Waals surface area contributed by atoms with Gasteiger partial charge < -0.3 is 36.4 Å². The fourth-order valence-corrected chi connectivity index (χ4v) is 1.30. The third-order valence-electron chi connectivity index (χ3n) is 2.58. The van der Waals surface area contributed by atoms with Gasteiger partial charge >= 0.3 is 5.97 Å². The number of hydrogen-bond donors (Lipinski definition) is 9. The van der Waals surface area contributed by atoms with Crippen LogP contribution in [-0.2, 0) is 9.59 Å². The van der Waals surface area contributed by atoms with Gasteiger partial charge in [0.1, 0.15) is 18.3 Å². The normalized spacial score (nSPS) is 18.4. The van der Waals surface area contributed by atoms with Crippen molar-refractivity contribution in [2.45, 2.75) is 36.9 Å². The number of carbonyl (C=O) groups excluding carboxylic acids is 1. The summed E-state index contributed by atoms with van der Waals surface area (Å²) in [5.41, 5.74) is 9.46. The highest BCUT2D eigenvalue weighted by Crippen LogP contribution is 2.04. The van der Waals surface area contributed by atoms with Crippen LogP contribution in [0.4, 0.5) is 0 Å². The minimum absolute atomic E-state index is 0.415. The van der Waals surface area contributed by atoms with E-state index in [-0.39, 0.29) is 0 Å². The molecule has 0 aromatic carbocycles. The highest BCUT2D eigenvalue weighted by molar-refractivity contribution is 5.85. The molecule has 0 saturated carbocycles. The number of hydrogen-bond acceptors (Lipinski definition) is 9. The van der Waals surface area contributed by atoms with Crippen LogP contribution in [0.2, 0.25) is 0 Å². The smallest absolute Gasteiger partial charge is 0.305 e. The molecule has 11 nitrogen and oxygen atoms in total. The summed E-state index contributed by atoms with van der Waals surface area (Å²) in [6.45, 7) is -1.22. The Morgan fingerprint density at radius 3 is 2.05 bits per heavy atom. The van der Waals surface area contributed by atoms with Crippen molar-refractivity contribution in [1.82, 2.24) is 10.9 Å². The van der Waals surface area contributed by atoms with E-state index in [4.69, 9.17) is 21.1 Å². The molecule has 0 bridgehead atoms. The Balaban J connectivity index is 4.11. The van der Waals surface area contributed by atoms with Crippen LogP contribution in [0.3, 0.4) is 0 Å². The Kier molecular flexibility index (Phi) is 8.96. The SMILES string of the molecule is NC(CC(=O)O)C(=O)NNCC(O)C(O)C(O)C(O)CO. The fourth-order valence-electron chi connectivity index (χ4n) is 1.30. The first-order valence-electron chi connectivity index (χ1n) is 6.03. The molecule has 0 heterocycles. The third kappa shape index (κ3) is 7.29. The van der Waals surface area contributed by atoms with Crippen LogP contribution in [0, 0.1) is 0 Å². The number of hydrazine groups is 1. The van der Waals surface area contributed by atoms with E-state index >= 15 is 0 Å². The van der Waals surface area contributed by atoms with Gasteiger partial charge in [0.05, 0.1) is 25.2 Å². The molecule has 0 aliphatic carbocycles. The second-order valence-electron chi connectivity index (χ2n) is 4.37. The summed E-state index contributed by atoms with van der Waals surface area (Å²) in [6, 6.07) is -1.29. The number of nitrogens with one attached hydrogen (secondary N) is 2. The van der Waals surface area contributed by atoms with Crippen LogP contribution in [-0.4, -0.2) is 86.1 Å². The van der Waals surface area contributed by atoms with Gasteiger partial charge in [-0.3, -0.25) is 15.0 Å². The number of carboxylic acid groups (broad SMARTS) is 1. The Morgan fingerprint density at radius 1 is 1.05 bits per heavy atom. The summed E-state index contributed by atoms with van der Waals surface area (Å²) in [5, 5.41) is 54.4. The Hall–Kier alpha value is -1.34. The number of amides is 1. The van der Waals surface area contributed by atoms with E-state index in [1.807, 2.05) is 5.43 Å². The molecule has 0 radical (unpaired) electrons. The third-order valence-corrected chi connectivity index (χ3v) is 2.58. The second-order valence-corrected chi connectivity index (χ2v) is 4.37. The average molecular weight is 311 g/mol. The fraction of sp³-hybridized carbons (Fsp3) is 0.800. The molecule has 0 spiro atoms. The van der Waals surface area contributed by atoms with E-state index in [0.29, 0.717) is 0 Å². The highest BCUT2D eigenvalue weighted by atomic mass is 16.4. The quantitative estimate of drug-likeness (QED) is 0.175. The van der Waals surface area contributed by atoms with Gasteiger partial charge in [-0.25, -0.2) is 5.43 Å². The predicted octanol–water partition coefficient (Wildman–Crippen LogP) is -5.15. The summed E-state index contributed by atoms with van der Waals surface area (Å²) in [6.07, 6.45) is -7.34. The zero-order valence-corrected chi connectivity index (χ0v) is 11.1. The molecule has 1 amide bonds. The summed E-state index contributed by atoms with van der Waals surface area (Å²) in [5.74, 6) is -2.09. The van der Waals surface area contributed by atoms with Crippen LogP contribution >= 0.6 is 0 Å². The number of rotatable bonds is 10. The van der Waals surface area contributed by atoms with Crippen molar-refractivity contribution in [3.8, 4) is 0 Å². The van der Waals surface area contributed by atoms with Crippen molar-refractivity contribution in [2.24, 2.45) is 5.73 Å². The molecule has 10 N–H and O–H groups in total. The lowest BCUT2D eigenvalue weighted by Gasteiger charge is -2.25. The zero-order chi connectivity index (χ0) is 16.6. The Labute approximate surface area is 120 Å². The van der Waals surface area contributed by atoms with Gasteiger partial charge in [0.2, 0.25) is 0 Å². The molecule has 0 saturated heterocycles. The molecule has 0 aliphatic heterocycles. The van der Waals surface area contributed by atoms with Crippen LogP contribution in [0.1, 0.15) is 6.42 Å². The van der Waals surface area contributed by atoms with Gasteiger partial charge in [-0.1, -0.05) is 0 Å². The summed E-state index contributed by atoms with van der Waals surface area (Å²) < 4.78 is 0. The Bertz CT molecular complexity index is 342. The lowest BCUT2D eigenvalue weighted by molar-refractivity contribution is -0.139. The molecule has 5 unspecified atom stereocenters. The first-order valence-corrected chi connectivity index (χ1v) is 6.03. The maximum atomic E-state index is 11.3. The molecule has 124 valence electrons. The topological polar surface area (TPSA) is 206 Å². The minimum atomic E-state index is -1.78. The standard InChI is InChI=1S/C10H21N3O8/c11-4(1-7(17)18)10(21)13-12-2-5(15)8(19)9(20)6(16)3-14/h4-6,8-9,12,14-16,19-20H,1-3,11H2,(H,13,21)(H,17,18). The van der Waals surface area contributed by atoms with Crippen molar-refractivity contribution in [3.05, 3.63) is 0 Å². The van der Waals surface area contributed by atoms with Gasteiger partial charge in [-0.2, -0.15) is 0 Å². The van der Waals surface area contributed by atoms with E-state index in [2.05, 4.69) is 5.43 Å². The molecule has 0 aliphatic rings. The molecule has 5 atom stereocenters. The van der Waals surface area contributed by atoms with Crippen molar-refractivity contribution in [2.75, 3.05) is 13.2 Å². The van der Waals surface area contributed by atoms with E-state index in [1.54, 1.807) is 0 Å². The number of aliphatic carboxylic acids is 1. The first-order chi connectivity index (χ1) is 9.70. The summed E-state index contributed by atoms with van der Waals surface area (Å²) in [7, 11) is 0. The van der Waals surface area contributed by atoms with Crippen LogP contribution in [0.25, 0.3) is 0 Å². The van der Waals surface area contributed by atoms with Crippen molar-refractivity contribution >= 4 is 11.9 Å². The van der Waals surface area contributed by atoms with Gasteiger partial charge in [-0.05, 0) is 0 Å². The van der Waals surface area contributed by atoms with Crippen molar-refractivity contribution < 1.29 is 40.2 Å². The van der Waals surface area contributed by atoms with Crippen LogP contribution in [0.15, 0.2) is 0 Å². The number of carbonyl (C=O) groups is 2. The van der Waals surface area contributed by atoms with E-state index < -0.39 is 61.9 Å². The predicted molar refractivity (Wildman–Crippen MR) is 67.5 cm³/mol. The monoisotopic (exact) mass is 311 g/mol. The molecule has 0 aromatic rings. The van der Waals surface area contributed by atoms with Crippen LogP contribution < -0.4 is 16.6 Å². The van der Waals surface area contributed by atoms with E-state index in [1.165, 1.54) is 0 Å². The van der Waals surface area contributed by atoms with Gasteiger partial charge in [0.25, 0.3) is 5.91 Å².